The van der Waals surface area contributed by atoms with Crippen LogP contribution in [0.15, 0.2) is 40.3 Å². The molecule has 0 unspecified atom stereocenters. The number of sulfonamides is 1. The molecule has 1 aromatic carbocycles. The van der Waals surface area contributed by atoms with Gasteiger partial charge in [0, 0.05) is 38.3 Å². The van der Waals surface area contributed by atoms with Crippen LogP contribution >= 0.6 is 0 Å². The lowest BCUT2D eigenvalue weighted by molar-refractivity contribution is 0.200. The summed E-state index contributed by atoms with van der Waals surface area (Å²) in [6.45, 7) is 6.92. The SMILES string of the molecule is CCCNC(=O)N1CCCN(C2=NS(=O)(=O)C(c3ccccc3)=C2C)CC1. The van der Waals surface area contributed by atoms with E-state index in [4.69, 9.17) is 0 Å². The number of nitrogens with zero attached hydrogens (tertiary/aromatic N) is 3. The maximum atomic E-state index is 12.7. The lowest BCUT2D eigenvalue weighted by Crippen LogP contribution is -2.42. The fraction of sp³-hybridized carbons (Fsp3) is 0.474. The second-order valence-corrected chi connectivity index (χ2v) is 8.31. The largest absolute Gasteiger partial charge is 0.354 e. The normalized spacial score (nSPS) is 19.7. The minimum absolute atomic E-state index is 0.0584. The Morgan fingerprint density at radius 2 is 1.89 bits per heavy atom. The number of nitrogens with one attached hydrogen (secondary N) is 1. The Labute approximate surface area is 160 Å². The molecule has 2 aliphatic rings. The van der Waals surface area contributed by atoms with E-state index in [1.54, 1.807) is 17.0 Å². The predicted octanol–water partition coefficient (Wildman–Crippen LogP) is 2.29. The van der Waals surface area contributed by atoms with E-state index in [-0.39, 0.29) is 10.9 Å². The lowest BCUT2D eigenvalue weighted by atomic mass is 10.1. The van der Waals surface area contributed by atoms with E-state index < -0.39 is 10.0 Å². The summed E-state index contributed by atoms with van der Waals surface area (Å²) in [5.74, 6) is 0.504. The number of carbonyl (C=O) groups excluding carboxylic acids is 1. The number of rotatable bonds is 3. The third kappa shape index (κ3) is 4.16. The van der Waals surface area contributed by atoms with Gasteiger partial charge < -0.3 is 15.1 Å². The summed E-state index contributed by atoms with van der Waals surface area (Å²) in [5.41, 5.74) is 1.33. The van der Waals surface area contributed by atoms with Crippen molar-refractivity contribution in [1.82, 2.24) is 15.1 Å². The number of hydrogen-bond acceptors (Lipinski definition) is 4. The van der Waals surface area contributed by atoms with E-state index in [2.05, 4.69) is 9.71 Å². The van der Waals surface area contributed by atoms with Gasteiger partial charge in [-0.05, 0) is 25.3 Å². The molecule has 2 aliphatic heterocycles. The standard InChI is InChI=1S/C19H26N4O3S/c1-3-10-20-19(24)23-12-7-11-22(13-14-23)18-15(2)17(27(25,26)21-18)16-8-5-4-6-9-16/h4-6,8-9H,3,7,10-14H2,1-2H3,(H,20,24). The number of amides is 2. The van der Waals surface area contributed by atoms with Gasteiger partial charge in [0.1, 0.15) is 10.7 Å². The zero-order valence-corrected chi connectivity index (χ0v) is 16.6. The average molecular weight is 391 g/mol. The van der Waals surface area contributed by atoms with Crippen molar-refractivity contribution in [2.45, 2.75) is 26.7 Å². The van der Waals surface area contributed by atoms with Crippen LogP contribution in [0.25, 0.3) is 4.91 Å². The molecule has 0 saturated carbocycles. The molecule has 7 nitrogen and oxygen atoms in total. The first-order valence-corrected chi connectivity index (χ1v) is 10.8. The highest BCUT2D eigenvalue weighted by atomic mass is 32.2. The Morgan fingerprint density at radius 3 is 2.59 bits per heavy atom. The predicted molar refractivity (Wildman–Crippen MR) is 107 cm³/mol. The highest BCUT2D eigenvalue weighted by Gasteiger charge is 2.34. The molecule has 27 heavy (non-hydrogen) atoms. The lowest BCUT2D eigenvalue weighted by Gasteiger charge is -2.24. The molecule has 1 N–H and O–H groups in total. The maximum absolute atomic E-state index is 12.7. The van der Waals surface area contributed by atoms with Crippen LogP contribution < -0.4 is 5.32 Å². The van der Waals surface area contributed by atoms with Crippen LogP contribution in [0.1, 0.15) is 32.3 Å². The summed E-state index contributed by atoms with van der Waals surface area (Å²) in [4.78, 5) is 16.3. The quantitative estimate of drug-likeness (QED) is 0.858. The average Bonchev–Trinajstić information content (AvgIpc) is 2.82. The van der Waals surface area contributed by atoms with Gasteiger partial charge >= 0.3 is 6.03 Å². The van der Waals surface area contributed by atoms with E-state index in [9.17, 15) is 13.2 Å². The molecule has 0 aromatic heterocycles. The topological polar surface area (TPSA) is 82.1 Å². The molecule has 146 valence electrons. The molecule has 0 radical (unpaired) electrons. The molecule has 2 heterocycles. The van der Waals surface area contributed by atoms with Crippen molar-refractivity contribution >= 4 is 26.8 Å². The number of hydrogen-bond donors (Lipinski definition) is 1. The van der Waals surface area contributed by atoms with Crippen LogP contribution in [0, 0.1) is 0 Å². The van der Waals surface area contributed by atoms with Crippen molar-refractivity contribution < 1.29 is 13.2 Å². The summed E-state index contributed by atoms with van der Waals surface area (Å²) in [6, 6.07) is 9.02. The molecular formula is C19H26N4O3S. The van der Waals surface area contributed by atoms with Gasteiger partial charge in [0.2, 0.25) is 0 Å². The summed E-state index contributed by atoms with van der Waals surface area (Å²) in [6.07, 6.45) is 1.67. The molecule has 3 rings (SSSR count). The van der Waals surface area contributed by atoms with Gasteiger partial charge in [-0.15, -0.1) is 4.40 Å². The van der Waals surface area contributed by atoms with E-state index in [0.717, 1.165) is 12.8 Å². The van der Waals surface area contributed by atoms with E-state index in [1.807, 2.05) is 36.9 Å². The van der Waals surface area contributed by atoms with Gasteiger partial charge in [0.25, 0.3) is 10.0 Å². The second kappa shape index (κ2) is 8.12. The molecule has 1 fully saturated rings. The summed E-state index contributed by atoms with van der Waals surface area (Å²) in [7, 11) is -3.71. The summed E-state index contributed by atoms with van der Waals surface area (Å²) in [5, 5.41) is 2.90. The van der Waals surface area contributed by atoms with Crippen LogP contribution in [-0.4, -0.2) is 62.8 Å². The molecule has 8 heteroatoms. The van der Waals surface area contributed by atoms with Gasteiger partial charge in [-0.1, -0.05) is 37.3 Å². The summed E-state index contributed by atoms with van der Waals surface area (Å²) >= 11 is 0. The maximum Gasteiger partial charge on any atom is 0.317 e. The minimum Gasteiger partial charge on any atom is -0.354 e. The Bertz CT molecular complexity index is 862. The van der Waals surface area contributed by atoms with Crippen molar-refractivity contribution in [2.24, 2.45) is 4.40 Å². The minimum atomic E-state index is -3.71. The van der Waals surface area contributed by atoms with Crippen LogP contribution in [0.4, 0.5) is 4.79 Å². The first-order valence-electron chi connectivity index (χ1n) is 9.33. The Hall–Kier alpha value is -2.35. The molecule has 1 aromatic rings. The van der Waals surface area contributed by atoms with Gasteiger partial charge in [-0.3, -0.25) is 0 Å². The fourth-order valence-electron chi connectivity index (χ4n) is 3.45. The van der Waals surface area contributed by atoms with Gasteiger partial charge in [-0.25, -0.2) is 4.79 Å². The molecule has 0 spiro atoms. The molecule has 1 saturated heterocycles. The van der Waals surface area contributed by atoms with E-state index >= 15 is 0 Å². The highest BCUT2D eigenvalue weighted by molar-refractivity contribution is 8.00. The Morgan fingerprint density at radius 1 is 1.15 bits per heavy atom. The molecular weight excluding hydrogens is 364 g/mol. The van der Waals surface area contributed by atoms with Crippen LogP contribution in [0.2, 0.25) is 0 Å². The van der Waals surface area contributed by atoms with Gasteiger partial charge in [0.15, 0.2) is 0 Å². The van der Waals surface area contributed by atoms with Gasteiger partial charge in [0.05, 0.1) is 0 Å². The van der Waals surface area contributed by atoms with Crippen molar-refractivity contribution in [3.63, 3.8) is 0 Å². The summed E-state index contributed by atoms with van der Waals surface area (Å²) < 4.78 is 29.4. The van der Waals surface area contributed by atoms with Crippen molar-refractivity contribution in [1.29, 1.82) is 0 Å². The first kappa shape index (κ1) is 19.4. The van der Waals surface area contributed by atoms with Crippen molar-refractivity contribution in [3.8, 4) is 0 Å². The fourth-order valence-corrected chi connectivity index (χ4v) is 4.93. The second-order valence-electron chi connectivity index (χ2n) is 6.77. The van der Waals surface area contributed by atoms with Crippen molar-refractivity contribution in [3.05, 3.63) is 41.5 Å². The zero-order valence-electron chi connectivity index (χ0n) is 15.8. The third-order valence-electron chi connectivity index (χ3n) is 4.79. The van der Waals surface area contributed by atoms with Crippen molar-refractivity contribution in [2.75, 3.05) is 32.7 Å². The number of carbonyl (C=O) groups is 1. The smallest absolute Gasteiger partial charge is 0.317 e. The van der Waals surface area contributed by atoms with Crippen LogP contribution in [0.3, 0.4) is 0 Å². The molecule has 0 aliphatic carbocycles. The number of amidine groups is 1. The molecule has 2 amide bonds. The zero-order chi connectivity index (χ0) is 19.4. The highest BCUT2D eigenvalue weighted by Crippen LogP contribution is 2.33. The Balaban J connectivity index is 1.79. The first-order chi connectivity index (χ1) is 12.9. The third-order valence-corrected chi connectivity index (χ3v) is 6.26. The van der Waals surface area contributed by atoms with Crippen LogP contribution in [0.5, 0.6) is 0 Å². The van der Waals surface area contributed by atoms with E-state index in [0.29, 0.717) is 49.7 Å². The monoisotopic (exact) mass is 390 g/mol. The number of benzene rings is 1. The molecule has 0 bridgehead atoms. The number of urea groups is 1. The van der Waals surface area contributed by atoms with E-state index in [1.165, 1.54) is 0 Å². The molecule has 0 atom stereocenters. The Kier molecular flexibility index (Phi) is 5.84. The van der Waals surface area contributed by atoms with Crippen LogP contribution in [-0.2, 0) is 10.0 Å². The van der Waals surface area contributed by atoms with Gasteiger partial charge in [-0.2, -0.15) is 8.42 Å².